The van der Waals surface area contributed by atoms with Gasteiger partial charge in [0.05, 0.1) is 12.8 Å². The van der Waals surface area contributed by atoms with E-state index in [-0.39, 0.29) is 6.03 Å². The van der Waals surface area contributed by atoms with Crippen LogP contribution in [0.25, 0.3) is 0 Å². The van der Waals surface area contributed by atoms with Crippen LogP contribution in [0.2, 0.25) is 5.02 Å². The summed E-state index contributed by atoms with van der Waals surface area (Å²) in [4.78, 5) is 11.6. The lowest BCUT2D eigenvalue weighted by atomic mass is 10.2. The predicted molar refractivity (Wildman–Crippen MR) is 78.7 cm³/mol. The van der Waals surface area contributed by atoms with Crippen LogP contribution in [0.15, 0.2) is 12.1 Å². The van der Waals surface area contributed by atoms with E-state index in [1.807, 2.05) is 6.92 Å². The van der Waals surface area contributed by atoms with Crippen LogP contribution in [0, 0.1) is 6.92 Å². The number of halogens is 1. The molecule has 0 aliphatic heterocycles. The molecule has 2 amide bonds. The third-order valence-electron chi connectivity index (χ3n) is 2.40. The Balaban J connectivity index is 2.68. The molecule has 5 nitrogen and oxygen atoms in total. The summed E-state index contributed by atoms with van der Waals surface area (Å²) in [5.74, 6) is 0.911. The van der Waals surface area contributed by atoms with Gasteiger partial charge in [-0.1, -0.05) is 11.6 Å². The van der Waals surface area contributed by atoms with Crippen LogP contribution in [-0.4, -0.2) is 35.9 Å². The molecule has 0 fully saturated rings. The first-order chi connectivity index (χ1) is 8.93. The fraction of sp³-hybridized carbons (Fsp3) is 0.417. The number of benzene rings is 1. The number of nitrogens with one attached hydrogen (secondary N) is 2. The zero-order chi connectivity index (χ0) is 14.4. The van der Waals surface area contributed by atoms with Gasteiger partial charge in [-0.2, -0.15) is 0 Å². The zero-order valence-corrected chi connectivity index (χ0v) is 12.7. The number of methoxy groups -OCH3 is 1. The first-order valence-electron chi connectivity index (χ1n) is 5.63. The van der Waals surface area contributed by atoms with E-state index in [0.717, 1.165) is 5.56 Å². The molecule has 2 N–H and O–H groups in total. The van der Waals surface area contributed by atoms with Crippen LogP contribution in [0.3, 0.4) is 0 Å². The summed E-state index contributed by atoms with van der Waals surface area (Å²) < 4.78 is 16.0. The van der Waals surface area contributed by atoms with Crippen LogP contribution in [0.1, 0.15) is 5.56 Å². The highest BCUT2D eigenvalue weighted by molar-refractivity contribution is 7.84. The monoisotopic (exact) mass is 304 g/mol. The highest BCUT2D eigenvalue weighted by atomic mass is 35.5. The molecule has 7 heteroatoms. The Hall–Kier alpha value is -1.27. The second-order valence-corrected chi connectivity index (χ2v) is 5.92. The van der Waals surface area contributed by atoms with E-state index >= 15 is 0 Å². The molecule has 0 aromatic heterocycles. The van der Waals surface area contributed by atoms with Gasteiger partial charge in [-0.15, -0.1) is 0 Å². The number of anilines is 1. The summed E-state index contributed by atoms with van der Waals surface area (Å²) in [6.45, 7) is 2.19. The number of hydrogen-bond acceptors (Lipinski definition) is 3. The number of urea groups is 1. The summed E-state index contributed by atoms with van der Waals surface area (Å²) >= 11 is 5.98. The van der Waals surface area contributed by atoms with Crippen molar-refractivity contribution in [3.63, 3.8) is 0 Å². The van der Waals surface area contributed by atoms with Crippen molar-refractivity contribution in [1.29, 1.82) is 0 Å². The number of amides is 2. The van der Waals surface area contributed by atoms with Gasteiger partial charge in [0.1, 0.15) is 5.75 Å². The molecule has 0 aliphatic carbocycles. The summed E-state index contributed by atoms with van der Waals surface area (Å²) in [5, 5.41) is 5.86. The van der Waals surface area contributed by atoms with Crippen LogP contribution < -0.4 is 15.4 Å². The molecule has 0 unspecified atom stereocenters. The Morgan fingerprint density at radius 2 is 2.16 bits per heavy atom. The Labute approximate surface area is 120 Å². The van der Waals surface area contributed by atoms with Gasteiger partial charge in [-0.25, -0.2) is 4.79 Å². The van der Waals surface area contributed by atoms with Crippen molar-refractivity contribution in [1.82, 2.24) is 5.32 Å². The van der Waals surface area contributed by atoms with Gasteiger partial charge in [0.25, 0.3) is 0 Å². The van der Waals surface area contributed by atoms with E-state index in [1.54, 1.807) is 18.4 Å². The van der Waals surface area contributed by atoms with Gasteiger partial charge < -0.3 is 15.4 Å². The minimum atomic E-state index is -0.926. The van der Waals surface area contributed by atoms with Crippen LogP contribution in [0.4, 0.5) is 10.5 Å². The maximum absolute atomic E-state index is 11.6. The van der Waals surface area contributed by atoms with Gasteiger partial charge in [-0.3, -0.25) is 4.21 Å². The molecule has 19 heavy (non-hydrogen) atoms. The number of rotatable bonds is 5. The van der Waals surface area contributed by atoms with E-state index in [9.17, 15) is 9.00 Å². The van der Waals surface area contributed by atoms with Crippen molar-refractivity contribution in [3.8, 4) is 5.75 Å². The van der Waals surface area contributed by atoms with Crippen LogP contribution in [-0.2, 0) is 10.8 Å². The smallest absolute Gasteiger partial charge is 0.319 e. The fourth-order valence-electron chi connectivity index (χ4n) is 1.40. The quantitative estimate of drug-likeness (QED) is 0.876. The van der Waals surface area contributed by atoms with Gasteiger partial charge in [0.15, 0.2) is 0 Å². The van der Waals surface area contributed by atoms with Crippen molar-refractivity contribution in [2.75, 3.05) is 31.0 Å². The van der Waals surface area contributed by atoms with Gasteiger partial charge >= 0.3 is 6.03 Å². The van der Waals surface area contributed by atoms with Crippen LogP contribution >= 0.6 is 11.6 Å². The minimum absolute atomic E-state index is 0.351. The predicted octanol–water partition coefficient (Wildman–Crippen LogP) is 2.16. The van der Waals surface area contributed by atoms with E-state index in [1.165, 1.54) is 7.11 Å². The van der Waals surface area contributed by atoms with Crippen molar-refractivity contribution >= 4 is 34.1 Å². The number of aryl methyl sites for hydroxylation is 1. The second-order valence-electron chi connectivity index (χ2n) is 3.96. The highest BCUT2D eigenvalue weighted by Crippen LogP contribution is 2.30. The lowest BCUT2D eigenvalue weighted by Crippen LogP contribution is -2.31. The molecular weight excluding hydrogens is 288 g/mol. The average Bonchev–Trinajstić information content (AvgIpc) is 2.33. The van der Waals surface area contributed by atoms with Crippen molar-refractivity contribution in [3.05, 3.63) is 22.7 Å². The molecule has 1 rings (SSSR count). The molecule has 0 saturated carbocycles. The molecule has 1 atom stereocenters. The Morgan fingerprint density at radius 1 is 1.47 bits per heavy atom. The molecule has 106 valence electrons. The third kappa shape index (κ3) is 5.08. The van der Waals surface area contributed by atoms with E-state index < -0.39 is 10.8 Å². The average molecular weight is 305 g/mol. The normalized spacial score (nSPS) is 11.8. The molecule has 1 aromatic rings. The molecule has 0 saturated heterocycles. The van der Waals surface area contributed by atoms with Gasteiger partial charge in [0.2, 0.25) is 0 Å². The molecule has 1 aromatic carbocycles. The number of carbonyl (C=O) groups excluding carboxylic acids is 1. The summed E-state index contributed by atoms with van der Waals surface area (Å²) in [7, 11) is 0.578. The van der Waals surface area contributed by atoms with E-state index in [2.05, 4.69) is 10.6 Å². The molecule has 0 radical (unpaired) electrons. The fourth-order valence-corrected chi connectivity index (χ4v) is 1.95. The second kappa shape index (κ2) is 7.35. The largest absolute Gasteiger partial charge is 0.495 e. The van der Waals surface area contributed by atoms with Crippen molar-refractivity contribution in [2.24, 2.45) is 0 Å². The minimum Gasteiger partial charge on any atom is -0.495 e. The Bertz CT molecular complexity index is 494. The summed E-state index contributed by atoms with van der Waals surface area (Å²) in [5.41, 5.74) is 1.38. The van der Waals surface area contributed by atoms with E-state index in [4.69, 9.17) is 16.3 Å². The maximum Gasteiger partial charge on any atom is 0.319 e. The van der Waals surface area contributed by atoms with Crippen LogP contribution in [0.5, 0.6) is 5.75 Å². The molecular formula is C12H17ClN2O3S. The molecule has 0 bridgehead atoms. The number of ether oxygens (including phenoxy) is 1. The number of carbonyl (C=O) groups is 1. The first kappa shape index (κ1) is 15.8. The lowest BCUT2D eigenvalue weighted by molar-refractivity contribution is 0.252. The standard InChI is InChI=1S/C12H17ClN2O3S/c1-8-6-10(11(18-2)7-9(8)13)15-12(16)14-4-5-19(3)17/h6-7H,4-5H2,1-3H3,(H2,14,15,16)/t19-/m1/s1. The zero-order valence-electron chi connectivity index (χ0n) is 11.1. The Morgan fingerprint density at radius 3 is 2.74 bits per heavy atom. The molecule has 0 heterocycles. The molecule has 0 spiro atoms. The van der Waals surface area contributed by atoms with E-state index in [0.29, 0.717) is 28.8 Å². The van der Waals surface area contributed by atoms with Crippen molar-refractivity contribution < 1.29 is 13.7 Å². The maximum atomic E-state index is 11.6. The first-order valence-corrected chi connectivity index (χ1v) is 7.73. The molecule has 0 aliphatic rings. The van der Waals surface area contributed by atoms with Gasteiger partial charge in [-0.05, 0) is 18.6 Å². The topological polar surface area (TPSA) is 67.4 Å². The van der Waals surface area contributed by atoms with Crippen molar-refractivity contribution in [2.45, 2.75) is 6.92 Å². The Kier molecular flexibility index (Phi) is 6.11. The number of hydrogen-bond donors (Lipinski definition) is 2. The third-order valence-corrected chi connectivity index (χ3v) is 3.59. The highest BCUT2D eigenvalue weighted by Gasteiger charge is 2.10. The van der Waals surface area contributed by atoms with Gasteiger partial charge in [0, 0.05) is 40.4 Å². The summed E-state index contributed by atoms with van der Waals surface area (Å²) in [6, 6.07) is 3.01. The SMILES string of the molecule is COc1cc(Cl)c(C)cc1NC(=O)NCC[S@@](C)=O. The summed E-state index contributed by atoms with van der Waals surface area (Å²) in [6.07, 6.45) is 1.59. The lowest BCUT2D eigenvalue weighted by Gasteiger charge is -2.12.